The summed E-state index contributed by atoms with van der Waals surface area (Å²) in [5, 5.41) is 17.9. The van der Waals surface area contributed by atoms with Crippen molar-refractivity contribution in [2.45, 2.75) is 39.3 Å². The molecule has 1 fully saturated rings. The van der Waals surface area contributed by atoms with Gasteiger partial charge in [0, 0.05) is 17.2 Å². The first-order valence-corrected chi connectivity index (χ1v) is 13.9. The Hall–Kier alpha value is -3.53. The predicted octanol–water partition coefficient (Wildman–Crippen LogP) is 3.62. The SMILES string of the molecule is CCOc1ccc(C2c3c(-c4cc(C)ccc4O)n[nH]c3C(=O)N2C2CCS(=O)(=O)C2)cc1OCC. The van der Waals surface area contributed by atoms with Gasteiger partial charge in [-0.3, -0.25) is 9.89 Å². The Labute approximate surface area is 210 Å². The number of nitrogens with zero attached hydrogens (tertiary/aromatic N) is 2. The fourth-order valence-electron chi connectivity index (χ4n) is 5.15. The van der Waals surface area contributed by atoms with Gasteiger partial charge in [-0.05, 0) is 57.0 Å². The molecule has 3 aromatic rings. The maximum Gasteiger partial charge on any atom is 0.273 e. The standard InChI is InChI=1S/C26H29N3O6S/c1-4-34-20-9-7-16(13-21(20)35-5-2)25-22-23(18-12-15(3)6-8-19(18)30)27-28-24(22)26(31)29(25)17-10-11-36(32,33)14-17/h6-9,12-13,17,25,30H,4-5,10-11,14H2,1-3H3,(H,27,28). The first-order valence-electron chi connectivity index (χ1n) is 12.0. The average molecular weight is 512 g/mol. The second kappa shape index (κ2) is 9.16. The molecule has 36 heavy (non-hydrogen) atoms. The van der Waals surface area contributed by atoms with Crippen molar-refractivity contribution < 1.29 is 27.8 Å². The number of H-pyrrole nitrogens is 1. The smallest absolute Gasteiger partial charge is 0.273 e. The van der Waals surface area contributed by atoms with Crippen molar-refractivity contribution in [2.75, 3.05) is 24.7 Å². The van der Waals surface area contributed by atoms with Crippen LogP contribution in [0.3, 0.4) is 0 Å². The number of sulfone groups is 1. The lowest BCUT2D eigenvalue weighted by atomic mass is 9.94. The molecule has 2 unspecified atom stereocenters. The number of aromatic amines is 1. The molecule has 9 nitrogen and oxygen atoms in total. The first-order chi connectivity index (χ1) is 17.2. The van der Waals surface area contributed by atoms with Crippen LogP contribution in [0.25, 0.3) is 11.3 Å². The van der Waals surface area contributed by atoms with Crippen LogP contribution in [0.2, 0.25) is 0 Å². The summed E-state index contributed by atoms with van der Waals surface area (Å²) in [6.07, 6.45) is 0.364. The number of phenolic OH excluding ortho intramolecular Hbond substituents is 1. The lowest BCUT2D eigenvalue weighted by molar-refractivity contribution is 0.0677. The lowest BCUT2D eigenvalue weighted by Crippen LogP contribution is -2.40. The van der Waals surface area contributed by atoms with Crippen molar-refractivity contribution in [3.63, 3.8) is 0 Å². The minimum absolute atomic E-state index is 0.0410. The van der Waals surface area contributed by atoms with Gasteiger partial charge in [0.1, 0.15) is 17.1 Å². The van der Waals surface area contributed by atoms with Crippen molar-refractivity contribution >= 4 is 15.7 Å². The highest BCUT2D eigenvalue weighted by atomic mass is 32.2. The number of ether oxygens (including phenoxy) is 2. The number of aromatic hydroxyl groups is 1. The Morgan fingerprint density at radius 2 is 1.86 bits per heavy atom. The van der Waals surface area contributed by atoms with Gasteiger partial charge in [0.25, 0.3) is 5.91 Å². The number of amides is 1. The van der Waals surface area contributed by atoms with Gasteiger partial charge in [0.15, 0.2) is 21.3 Å². The molecule has 0 bridgehead atoms. The van der Waals surface area contributed by atoms with E-state index >= 15 is 0 Å². The van der Waals surface area contributed by atoms with Gasteiger partial charge in [-0.1, -0.05) is 17.7 Å². The summed E-state index contributed by atoms with van der Waals surface area (Å²) in [5.41, 5.74) is 3.54. The fourth-order valence-corrected chi connectivity index (χ4v) is 6.86. The third kappa shape index (κ3) is 4.09. The van der Waals surface area contributed by atoms with Crippen molar-refractivity contribution in [2.24, 2.45) is 0 Å². The zero-order valence-corrected chi connectivity index (χ0v) is 21.3. The number of fused-ring (bicyclic) bond motifs is 1. The molecular weight excluding hydrogens is 482 g/mol. The second-order valence-electron chi connectivity index (χ2n) is 9.13. The van der Waals surface area contributed by atoms with Crippen molar-refractivity contribution in [1.82, 2.24) is 15.1 Å². The molecular formula is C26H29N3O6S. The van der Waals surface area contributed by atoms with E-state index in [0.717, 1.165) is 11.1 Å². The number of aryl methyl sites for hydroxylation is 1. The van der Waals surface area contributed by atoms with Crippen LogP contribution in [0, 0.1) is 6.92 Å². The number of carbonyl (C=O) groups is 1. The lowest BCUT2D eigenvalue weighted by Gasteiger charge is -2.31. The van der Waals surface area contributed by atoms with Gasteiger partial charge in [-0.15, -0.1) is 0 Å². The van der Waals surface area contributed by atoms with Crippen LogP contribution >= 0.6 is 0 Å². The highest BCUT2D eigenvalue weighted by Gasteiger charge is 2.48. The maximum atomic E-state index is 13.7. The second-order valence-corrected chi connectivity index (χ2v) is 11.4. The molecule has 1 aromatic heterocycles. The normalized spacial score (nSPS) is 20.5. The van der Waals surface area contributed by atoms with Gasteiger partial charge in [0.2, 0.25) is 0 Å². The summed E-state index contributed by atoms with van der Waals surface area (Å²) < 4.78 is 36.3. The minimum Gasteiger partial charge on any atom is -0.507 e. The Bertz CT molecular complexity index is 1430. The maximum absolute atomic E-state index is 13.7. The molecule has 2 N–H and O–H groups in total. The molecule has 1 saturated heterocycles. The van der Waals surface area contributed by atoms with Crippen LogP contribution in [-0.4, -0.2) is 65.3 Å². The van der Waals surface area contributed by atoms with E-state index in [1.54, 1.807) is 23.1 Å². The van der Waals surface area contributed by atoms with E-state index in [9.17, 15) is 18.3 Å². The van der Waals surface area contributed by atoms with Gasteiger partial charge >= 0.3 is 0 Å². The Kier molecular flexibility index (Phi) is 6.15. The van der Waals surface area contributed by atoms with Crippen molar-refractivity contribution in [3.8, 4) is 28.5 Å². The molecule has 2 aliphatic rings. The molecule has 0 radical (unpaired) electrons. The summed E-state index contributed by atoms with van der Waals surface area (Å²) in [6.45, 7) is 6.58. The third-order valence-corrected chi connectivity index (χ3v) is 8.45. The van der Waals surface area contributed by atoms with Crippen LogP contribution in [0.4, 0.5) is 0 Å². The molecule has 5 rings (SSSR count). The Balaban J connectivity index is 1.70. The summed E-state index contributed by atoms with van der Waals surface area (Å²) in [5.74, 6) is 0.818. The summed E-state index contributed by atoms with van der Waals surface area (Å²) >= 11 is 0. The number of hydrogen-bond donors (Lipinski definition) is 2. The average Bonchev–Trinajstić information content (AvgIpc) is 3.50. The quantitative estimate of drug-likeness (QED) is 0.497. The first kappa shape index (κ1) is 24.2. The largest absolute Gasteiger partial charge is 0.507 e. The van der Waals surface area contributed by atoms with E-state index in [1.165, 1.54) is 0 Å². The molecule has 2 aliphatic heterocycles. The number of aromatic nitrogens is 2. The van der Waals surface area contributed by atoms with Crippen LogP contribution in [0.5, 0.6) is 17.2 Å². The van der Waals surface area contributed by atoms with Crippen LogP contribution in [0.15, 0.2) is 36.4 Å². The third-order valence-electron chi connectivity index (χ3n) is 6.70. The summed E-state index contributed by atoms with van der Waals surface area (Å²) in [7, 11) is -3.24. The van der Waals surface area contributed by atoms with Gasteiger partial charge in [0.05, 0.1) is 30.8 Å². The van der Waals surface area contributed by atoms with E-state index in [0.29, 0.717) is 53.6 Å². The molecule has 0 spiro atoms. The van der Waals surface area contributed by atoms with Crippen molar-refractivity contribution in [1.29, 1.82) is 0 Å². The van der Waals surface area contributed by atoms with Crippen LogP contribution < -0.4 is 9.47 Å². The summed E-state index contributed by atoms with van der Waals surface area (Å²) in [4.78, 5) is 15.3. The molecule has 2 aromatic carbocycles. The van der Waals surface area contributed by atoms with E-state index in [4.69, 9.17) is 9.47 Å². The van der Waals surface area contributed by atoms with Gasteiger partial charge in [-0.25, -0.2) is 8.42 Å². The zero-order valence-electron chi connectivity index (χ0n) is 20.4. The number of benzene rings is 2. The number of rotatable bonds is 7. The monoisotopic (exact) mass is 511 g/mol. The van der Waals surface area contributed by atoms with Gasteiger partial charge < -0.3 is 19.5 Å². The fraction of sp³-hybridized carbons (Fsp3) is 0.385. The zero-order chi connectivity index (χ0) is 25.6. The molecule has 190 valence electrons. The number of phenols is 1. The molecule has 1 amide bonds. The van der Waals surface area contributed by atoms with E-state index in [2.05, 4.69) is 10.2 Å². The van der Waals surface area contributed by atoms with Gasteiger partial charge in [-0.2, -0.15) is 5.10 Å². The molecule has 10 heteroatoms. The predicted molar refractivity (Wildman–Crippen MR) is 134 cm³/mol. The number of hydrogen-bond acceptors (Lipinski definition) is 7. The van der Waals surface area contributed by atoms with E-state index in [1.807, 2.05) is 39.0 Å². The van der Waals surface area contributed by atoms with Crippen LogP contribution in [-0.2, 0) is 9.84 Å². The van der Waals surface area contributed by atoms with Crippen molar-refractivity contribution in [3.05, 3.63) is 58.8 Å². The molecule has 3 heterocycles. The molecule has 0 saturated carbocycles. The number of carbonyl (C=O) groups excluding carboxylic acids is 1. The Morgan fingerprint density at radius 1 is 1.11 bits per heavy atom. The van der Waals surface area contributed by atoms with E-state index in [-0.39, 0.29) is 23.2 Å². The molecule has 2 atom stereocenters. The molecule has 0 aliphatic carbocycles. The Morgan fingerprint density at radius 3 is 2.56 bits per heavy atom. The summed E-state index contributed by atoms with van der Waals surface area (Å²) in [6, 6.07) is 9.63. The topological polar surface area (TPSA) is 122 Å². The number of nitrogens with one attached hydrogen (secondary N) is 1. The van der Waals surface area contributed by atoms with Crippen LogP contribution in [0.1, 0.15) is 53.5 Å². The minimum atomic E-state index is -3.24. The van der Waals surface area contributed by atoms with E-state index < -0.39 is 21.9 Å². The highest BCUT2D eigenvalue weighted by molar-refractivity contribution is 7.91. The highest BCUT2D eigenvalue weighted by Crippen LogP contribution is 2.47.